The number of likely N-dealkylation sites (tertiary alicyclic amines) is 1. The van der Waals surface area contributed by atoms with Gasteiger partial charge in [-0.25, -0.2) is 0 Å². The summed E-state index contributed by atoms with van der Waals surface area (Å²) in [5, 5.41) is 0. The zero-order chi connectivity index (χ0) is 14.7. The maximum absolute atomic E-state index is 11.0. The summed E-state index contributed by atoms with van der Waals surface area (Å²) in [7, 11) is 1.71. The Balaban J connectivity index is 1.79. The molecule has 1 aromatic rings. The van der Waals surface area contributed by atoms with Crippen LogP contribution in [0.1, 0.15) is 54.4 Å². The first-order chi connectivity index (χ1) is 10.3. The van der Waals surface area contributed by atoms with Crippen LogP contribution in [0.15, 0.2) is 18.2 Å². The monoisotopic (exact) mass is 287 g/mol. The number of hydrogen-bond acceptors (Lipinski definition) is 3. The van der Waals surface area contributed by atoms with Crippen molar-refractivity contribution in [3.8, 4) is 5.75 Å². The van der Waals surface area contributed by atoms with Crippen LogP contribution in [-0.2, 0) is 6.54 Å². The molecule has 1 saturated heterocycles. The van der Waals surface area contributed by atoms with Crippen LogP contribution >= 0.6 is 0 Å². The molecule has 2 aliphatic rings. The van der Waals surface area contributed by atoms with Crippen molar-refractivity contribution in [3.63, 3.8) is 0 Å². The van der Waals surface area contributed by atoms with E-state index in [0.717, 1.165) is 41.7 Å². The Labute approximate surface area is 127 Å². The van der Waals surface area contributed by atoms with E-state index in [0.29, 0.717) is 0 Å². The summed E-state index contributed by atoms with van der Waals surface area (Å²) in [5.41, 5.74) is 1.89. The second-order valence-corrected chi connectivity index (χ2v) is 6.41. The molecular weight excluding hydrogens is 262 g/mol. The van der Waals surface area contributed by atoms with Gasteiger partial charge in [0.2, 0.25) is 0 Å². The zero-order valence-electron chi connectivity index (χ0n) is 12.9. The van der Waals surface area contributed by atoms with Crippen molar-refractivity contribution in [3.05, 3.63) is 29.3 Å². The molecule has 21 heavy (non-hydrogen) atoms. The van der Waals surface area contributed by atoms with E-state index in [2.05, 4.69) is 4.90 Å². The number of carbonyl (C=O) groups excluding carboxylic acids is 1. The number of ether oxygens (including phenoxy) is 1. The van der Waals surface area contributed by atoms with Gasteiger partial charge in [-0.05, 0) is 56.3 Å². The SMILES string of the molecule is COc1ccc(C=O)cc1CN1CCC[C@H]2CCCC[C@H]21. The zero-order valence-corrected chi connectivity index (χ0v) is 12.9. The highest BCUT2D eigenvalue weighted by molar-refractivity contribution is 5.75. The molecule has 3 rings (SSSR count). The summed E-state index contributed by atoms with van der Waals surface area (Å²) in [6.45, 7) is 2.08. The number of aldehydes is 1. The number of hydrogen-bond donors (Lipinski definition) is 0. The van der Waals surface area contributed by atoms with Gasteiger partial charge in [0.05, 0.1) is 7.11 Å². The Bertz CT molecular complexity index is 498. The van der Waals surface area contributed by atoms with Crippen molar-refractivity contribution in [2.45, 2.75) is 51.1 Å². The molecule has 0 aromatic heterocycles. The van der Waals surface area contributed by atoms with Gasteiger partial charge in [0.1, 0.15) is 12.0 Å². The van der Waals surface area contributed by atoms with Gasteiger partial charge >= 0.3 is 0 Å². The Morgan fingerprint density at radius 3 is 2.86 bits per heavy atom. The molecule has 3 nitrogen and oxygen atoms in total. The Kier molecular flexibility index (Phi) is 4.59. The molecule has 0 radical (unpaired) electrons. The topological polar surface area (TPSA) is 29.5 Å². The van der Waals surface area contributed by atoms with E-state index in [1.54, 1.807) is 7.11 Å². The lowest BCUT2D eigenvalue weighted by Gasteiger charge is -2.44. The average molecular weight is 287 g/mol. The second kappa shape index (κ2) is 6.61. The van der Waals surface area contributed by atoms with Gasteiger partial charge in [0.15, 0.2) is 0 Å². The van der Waals surface area contributed by atoms with Crippen LogP contribution < -0.4 is 4.74 Å². The number of nitrogens with zero attached hydrogens (tertiary/aromatic N) is 1. The largest absolute Gasteiger partial charge is 0.496 e. The van der Waals surface area contributed by atoms with Crippen LogP contribution in [0, 0.1) is 5.92 Å². The van der Waals surface area contributed by atoms with Crippen LogP contribution in [0.4, 0.5) is 0 Å². The van der Waals surface area contributed by atoms with Crippen molar-refractivity contribution >= 4 is 6.29 Å². The first-order valence-electron chi connectivity index (χ1n) is 8.18. The molecule has 0 bridgehead atoms. The third-order valence-electron chi connectivity index (χ3n) is 5.17. The molecule has 3 heteroatoms. The third-order valence-corrected chi connectivity index (χ3v) is 5.17. The Morgan fingerprint density at radius 1 is 1.24 bits per heavy atom. The van der Waals surface area contributed by atoms with E-state index in [-0.39, 0.29) is 0 Å². The van der Waals surface area contributed by atoms with Crippen molar-refractivity contribution in [1.82, 2.24) is 4.90 Å². The molecule has 0 spiro atoms. The van der Waals surface area contributed by atoms with E-state index >= 15 is 0 Å². The van der Waals surface area contributed by atoms with Gasteiger partial charge < -0.3 is 4.74 Å². The lowest BCUT2D eigenvalue weighted by molar-refractivity contribution is 0.0541. The summed E-state index contributed by atoms with van der Waals surface area (Å²) in [6.07, 6.45) is 9.11. The highest BCUT2D eigenvalue weighted by Gasteiger charge is 2.33. The fourth-order valence-corrected chi connectivity index (χ4v) is 4.14. The van der Waals surface area contributed by atoms with Gasteiger partial charge in [-0.2, -0.15) is 0 Å². The van der Waals surface area contributed by atoms with Crippen LogP contribution in [0.3, 0.4) is 0 Å². The van der Waals surface area contributed by atoms with Crippen LogP contribution in [-0.4, -0.2) is 30.9 Å². The van der Waals surface area contributed by atoms with Crippen LogP contribution in [0.2, 0.25) is 0 Å². The normalized spacial score (nSPS) is 26.1. The first kappa shape index (κ1) is 14.6. The molecule has 1 aliphatic heterocycles. The van der Waals surface area contributed by atoms with E-state index < -0.39 is 0 Å². The standard InChI is InChI=1S/C18H25NO2/c1-21-18-9-8-14(13-20)11-16(18)12-19-10-4-6-15-5-2-3-7-17(15)19/h8-9,11,13,15,17H,2-7,10,12H2,1H3/t15-,17-/m1/s1. The number of fused-ring (bicyclic) bond motifs is 1. The molecular formula is C18H25NO2. The summed E-state index contributed by atoms with van der Waals surface area (Å²) in [5.74, 6) is 1.78. The minimum absolute atomic E-state index is 0.733. The quantitative estimate of drug-likeness (QED) is 0.791. The number of benzene rings is 1. The molecule has 0 N–H and O–H groups in total. The predicted octanol–water partition coefficient (Wildman–Crippen LogP) is 3.66. The van der Waals surface area contributed by atoms with Crippen LogP contribution in [0.5, 0.6) is 5.75 Å². The van der Waals surface area contributed by atoms with E-state index in [1.807, 2.05) is 18.2 Å². The number of rotatable bonds is 4. The number of carbonyl (C=O) groups is 1. The summed E-state index contributed by atoms with van der Waals surface area (Å²) in [4.78, 5) is 13.6. The van der Waals surface area contributed by atoms with Crippen molar-refractivity contribution in [2.24, 2.45) is 5.92 Å². The molecule has 1 aliphatic carbocycles. The fourth-order valence-electron chi connectivity index (χ4n) is 4.14. The van der Waals surface area contributed by atoms with Crippen molar-refractivity contribution in [2.75, 3.05) is 13.7 Å². The molecule has 1 heterocycles. The van der Waals surface area contributed by atoms with Gasteiger partial charge in [-0.1, -0.05) is 12.8 Å². The maximum Gasteiger partial charge on any atom is 0.150 e. The van der Waals surface area contributed by atoms with E-state index in [1.165, 1.54) is 45.1 Å². The Morgan fingerprint density at radius 2 is 2.05 bits per heavy atom. The van der Waals surface area contributed by atoms with Crippen molar-refractivity contribution < 1.29 is 9.53 Å². The van der Waals surface area contributed by atoms with Gasteiger partial charge in [0, 0.05) is 23.7 Å². The second-order valence-electron chi connectivity index (χ2n) is 6.41. The van der Waals surface area contributed by atoms with Gasteiger partial charge in [-0.3, -0.25) is 9.69 Å². The maximum atomic E-state index is 11.0. The van der Waals surface area contributed by atoms with E-state index in [4.69, 9.17) is 4.74 Å². The first-order valence-corrected chi connectivity index (χ1v) is 8.18. The molecule has 2 atom stereocenters. The Hall–Kier alpha value is -1.35. The van der Waals surface area contributed by atoms with Gasteiger partial charge in [0.25, 0.3) is 0 Å². The highest BCUT2D eigenvalue weighted by atomic mass is 16.5. The highest BCUT2D eigenvalue weighted by Crippen LogP contribution is 2.36. The number of methoxy groups -OCH3 is 1. The minimum atomic E-state index is 0.733. The van der Waals surface area contributed by atoms with E-state index in [9.17, 15) is 4.79 Å². The summed E-state index contributed by atoms with van der Waals surface area (Å²) < 4.78 is 5.48. The molecule has 1 aromatic carbocycles. The lowest BCUT2D eigenvalue weighted by Crippen LogP contribution is -2.46. The molecule has 1 saturated carbocycles. The average Bonchev–Trinajstić information content (AvgIpc) is 2.55. The minimum Gasteiger partial charge on any atom is -0.496 e. The number of piperidine rings is 1. The van der Waals surface area contributed by atoms with Crippen LogP contribution in [0.25, 0.3) is 0 Å². The summed E-state index contributed by atoms with van der Waals surface area (Å²) >= 11 is 0. The molecule has 114 valence electrons. The van der Waals surface area contributed by atoms with Crippen molar-refractivity contribution in [1.29, 1.82) is 0 Å². The smallest absolute Gasteiger partial charge is 0.150 e. The lowest BCUT2D eigenvalue weighted by atomic mass is 9.78. The predicted molar refractivity (Wildman–Crippen MR) is 83.8 cm³/mol. The third kappa shape index (κ3) is 3.13. The molecule has 0 unspecified atom stereocenters. The summed E-state index contributed by atoms with van der Waals surface area (Å²) in [6, 6.07) is 6.46. The molecule has 2 fully saturated rings. The molecule has 0 amide bonds. The van der Waals surface area contributed by atoms with Gasteiger partial charge in [-0.15, -0.1) is 0 Å². The fraction of sp³-hybridized carbons (Fsp3) is 0.611.